The van der Waals surface area contributed by atoms with Crippen molar-refractivity contribution >= 4 is 11.9 Å². The highest BCUT2D eigenvalue weighted by Gasteiger charge is 2.16. The van der Waals surface area contributed by atoms with E-state index in [1.54, 1.807) is 19.1 Å². The van der Waals surface area contributed by atoms with Crippen molar-refractivity contribution in [2.45, 2.75) is 13.3 Å². The maximum absolute atomic E-state index is 13.0. The maximum atomic E-state index is 13.0. The topological polar surface area (TPSA) is 46.6 Å². The minimum absolute atomic E-state index is 0.0720. The second-order valence-electron chi connectivity index (χ2n) is 3.79. The van der Waals surface area contributed by atoms with E-state index in [-0.39, 0.29) is 24.7 Å². The van der Waals surface area contributed by atoms with Gasteiger partial charge in [0.1, 0.15) is 12.4 Å². The summed E-state index contributed by atoms with van der Waals surface area (Å²) in [6, 6.07) is 5.85. The minimum Gasteiger partial charge on any atom is -0.468 e. The third-order valence-corrected chi connectivity index (χ3v) is 2.53. The van der Waals surface area contributed by atoms with Gasteiger partial charge in [0.05, 0.1) is 13.5 Å². The molecule has 0 N–H and O–H groups in total. The van der Waals surface area contributed by atoms with E-state index in [4.69, 9.17) is 0 Å². The van der Waals surface area contributed by atoms with Gasteiger partial charge in [-0.1, -0.05) is 12.1 Å². The van der Waals surface area contributed by atoms with Crippen LogP contribution in [0.1, 0.15) is 12.5 Å². The van der Waals surface area contributed by atoms with E-state index in [0.717, 1.165) is 0 Å². The van der Waals surface area contributed by atoms with Crippen LogP contribution >= 0.6 is 0 Å². The summed E-state index contributed by atoms with van der Waals surface area (Å²) in [6.45, 7) is 2.09. The van der Waals surface area contributed by atoms with Gasteiger partial charge in [-0.2, -0.15) is 0 Å². The number of carbonyl (C=O) groups excluding carboxylic acids is 2. The molecule has 0 aliphatic rings. The van der Waals surface area contributed by atoms with E-state index >= 15 is 0 Å². The first kappa shape index (κ1) is 14.2. The summed E-state index contributed by atoms with van der Waals surface area (Å²) in [7, 11) is 1.27. The second-order valence-corrected chi connectivity index (χ2v) is 3.79. The van der Waals surface area contributed by atoms with Crippen LogP contribution in [-0.2, 0) is 20.7 Å². The Kier molecular flexibility index (Phi) is 5.30. The lowest BCUT2D eigenvalue weighted by molar-refractivity contribution is -0.146. The highest BCUT2D eigenvalue weighted by atomic mass is 19.1. The van der Waals surface area contributed by atoms with Crippen molar-refractivity contribution < 1.29 is 18.7 Å². The van der Waals surface area contributed by atoms with Crippen molar-refractivity contribution in [2.24, 2.45) is 0 Å². The molecule has 0 saturated heterocycles. The monoisotopic (exact) mass is 253 g/mol. The fourth-order valence-corrected chi connectivity index (χ4v) is 1.53. The van der Waals surface area contributed by atoms with Crippen LogP contribution in [0, 0.1) is 5.82 Å². The van der Waals surface area contributed by atoms with Crippen molar-refractivity contribution in [1.29, 1.82) is 0 Å². The molecule has 0 atom stereocenters. The Hall–Kier alpha value is -1.91. The molecule has 98 valence electrons. The number of esters is 1. The Morgan fingerprint density at radius 1 is 1.39 bits per heavy atom. The van der Waals surface area contributed by atoms with Gasteiger partial charge in [0, 0.05) is 6.54 Å². The van der Waals surface area contributed by atoms with Crippen LogP contribution in [0.15, 0.2) is 24.3 Å². The van der Waals surface area contributed by atoms with E-state index in [1.165, 1.54) is 24.1 Å². The zero-order valence-corrected chi connectivity index (χ0v) is 10.5. The molecule has 0 heterocycles. The fraction of sp³-hybridized carbons (Fsp3) is 0.385. The first-order valence-corrected chi connectivity index (χ1v) is 5.65. The molecular formula is C13H16FNO3. The summed E-state index contributed by atoms with van der Waals surface area (Å²) in [5.74, 6) is -1.07. The lowest BCUT2D eigenvalue weighted by Gasteiger charge is -2.19. The summed E-state index contributed by atoms with van der Waals surface area (Å²) >= 11 is 0. The number of ether oxygens (including phenoxy) is 1. The molecule has 0 spiro atoms. The van der Waals surface area contributed by atoms with E-state index < -0.39 is 5.97 Å². The molecule has 0 aliphatic carbocycles. The summed E-state index contributed by atoms with van der Waals surface area (Å²) in [6.07, 6.45) is 0.0720. The quantitative estimate of drug-likeness (QED) is 0.745. The molecule has 1 aromatic carbocycles. The smallest absolute Gasteiger partial charge is 0.325 e. The average molecular weight is 253 g/mol. The molecule has 1 amide bonds. The van der Waals surface area contributed by atoms with Crippen LogP contribution < -0.4 is 0 Å². The molecule has 1 aromatic rings. The largest absolute Gasteiger partial charge is 0.468 e. The third kappa shape index (κ3) is 4.16. The number of benzene rings is 1. The molecule has 0 radical (unpaired) electrons. The molecule has 0 fully saturated rings. The molecular weight excluding hydrogens is 237 g/mol. The zero-order valence-electron chi connectivity index (χ0n) is 10.5. The van der Waals surface area contributed by atoms with Crippen LogP contribution in [0.25, 0.3) is 0 Å². The Bertz CT molecular complexity index is 434. The number of rotatable bonds is 5. The summed E-state index contributed by atoms with van der Waals surface area (Å²) in [5, 5.41) is 0. The van der Waals surface area contributed by atoms with Gasteiger partial charge >= 0.3 is 5.97 Å². The number of methoxy groups -OCH3 is 1. The van der Waals surface area contributed by atoms with Crippen LogP contribution in [0.2, 0.25) is 0 Å². The maximum Gasteiger partial charge on any atom is 0.325 e. The average Bonchev–Trinajstić information content (AvgIpc) is 2.35. The highest BCUT2D eigenvalue weighted by molar-refractivity contribution is 5.83. The van der Waals surface area contributed by atoms with Crippen molar-refractivity contribution in [2.75, 3.05) is 20.2 Å². The van der Waals surface area contributed by atoms with Crippen LogP contribution in [-0.4, -0.2) is 37.0 Å². The molecule has 0 saturated carbocycles. The Balaban J connectivity index is 2.65. The van der Waals surface area contributed by atoms with Crippen LogP contribution in [0.5, 0.6) is 0 Å². The standard InChI is InChI=1S/C13H16FNO3/c1-3-15(9-13(17)18-2)12(16)8-10-5-4-6-11(14)7-10/h4-7H,3,8-9H2,1-2H3. The van der Waals surface area contributed by atoms with Gasteiger partial charge in [-0.15, -0.1) is 0 Å². The molecule has 18 heavy (non-hydrogen) atoms. The van der Waals surface area contributed by atoms with Gasteiger partial charge in [-0.25, -0.2) is 4.39 Å². The highest BCUT2D eigenvalue weighted by Crippen LogP contribution is 2.06. The number of amides is 1. The molecule has 0 unspecified atom stereocenters. The van der Waals surface area contributed by atoms with Crippen molar-refractivity contribution in [3.8, 4) is 0 Å². The van der Waals surface area contributed by atoms with Gasteiger partial charge < -0.3 is 9.64 Å². The van der Waals surface area contributed by atoms with E-state index in [9.17, 15) is 14.0 Å². The molecule has 4 nitrogen and oxygen atoms in total. The summed E-state index contributed by atoms with van der Waals surface area (Å²) in [4.78, 5) is 24.4. The predicted molar refractivity (Wildman–Crippen MR) is 64.4 cm³/mol. The van der Waals surface area contributed by atoms with E-state index in [0.29, 0.717) is 12.1 Å². The van der Waals surface area contributed by atoms with Crippen LogP contribution in [0.4, 0.5) is 4.39 Å². The van der Waals surface area contributed by atoms with Gasteiger partial charge in [-0.3, -0.25) is 9.59 Å². The van der Waals surface area contributed by atoms with Crippen molar-refractivity contribution in [3.05, 3.63) is 35.6 Å². The SMILES string of the molecule is CCN(CC(=O)OC)C(=O)Cc1cccc(F)c1. The zero-order chi connectivity index (χ0) is 13.5. The number of hydrogen-bond acceptors (Lipinski definition) is 3. The minimum atomic E-state index is -0.468. The predicted octanol–water partition coefficient (Wildman–Crippen LogP) is 1.39. The first-order valence-electron chi connectivity index (χ1n) is 5.65. The van der Waals surface area contributed by atoms with E-state index in [2.05, 4.69) is 4.74 Å². The molecule has 0 aliphatic heterocycles. The second kappa shape index (κ2) is 6.74. The summed E-state index contributed by atoms with van der Waals surface area (Å²) in [5.41, 5.74) is 0.586. The number of likely N-dealkylation sites (N-methyl/N-ethyl adjacent to an activating group) is 1. The number of carbonyl (C=O) groups is 2. The number of halogens is 1. The van der Waals surface area contributed by atoms with E-state index in [1.807, 2.05) is 0 Å². The molecule has 0 bridgehead atoms. The summed E-state index contributed by atoms with van der Waals surface area (Å²) < 4.78 is 17.5. The number of hydrogen-bond donors (Lipinski definition) is 0. The van der Waals surface area contributed by atoms with Gasteiger partial charge in [0.15, 0.2) is 0 Å². The normalized spacial score (nSPS) is 9.94. The van der Waals surface area contributed by atoms with Crippen LogP contribution in [0.3, 0.4) is 0 Å². The Morgan fingerprint density at radius 2 is 2.11 bits per heavy atom. The van der Waals surface area contributed by atoms with Gasteiger partial charge in [0.2, 0.25) is 5.91 Å². The van der Waals surface area contributed by atoms with Crippen molar-refractivity contribution in [3.63, 3.8) is 0 Å². The fourth-order valence-electron chi connectivity index (χ4n) is 1.53. The lowest BCUT2D eigenvalue weighted by Crippen LogP contribution is -2.37. The van der Waals surface area contributed by atoms with Gasteiger partial charge in [0.25, 0.3) is 0 Å². The Labute approximate surface area is 105 Å². The van der Waals surface area contributed by atoms with Gasteiger partial charge in [-0.05, 0) is 24.6 Å². The molecule has 0 aromatic heterocycles. The Morgan fingerprint density at radius 3 is 2.67 bits per heavy atom. The lowest BCUT2D eigenvalue weighted by atomic mass is 10.1. The first-order chi connectivity index (χ1) is 8.56. The number of nitrogens with zero attached hydrogens (tertiary/aromatic N) is 1. The molecule has 1 rings (SSSR count). The van der Waals surface area contributed by atoms with Crippen molar-refractivity contribution in [1.82, 2.24) is 4.90 Å². The molecule has 5 heteroatoms. The third-order valence-electron chi connectivity index (χ3n) is 2.53.